The lowest BCUT2D eigenvalue weighted by Gasteiger charge is -2.14. The molecule has 1 aliphatic heterocycles. The number of pyridine rings is 2. The van der Waals surface area contributed by atoms with Crippen LogP contribution >= 0.6 is 23.2 Å². The van der Waals surface area contributed by atoms with E-state index in [0.717, 1.165) is 4.90 Å². The molecule has 29 heavy (non-hydrogen) atoms. The maximum Gasteiger partial charge on any atom is 0.267 e. The van der Waals surface area contributed by atoms with Gasteiger partial charge in [0.25, 0.3) is 11.8 Å². The van der Waals surface area contributed by atoms with E-state index in [1.807, 2.05) is 6.07 Å². The van der Waals surface area contributed by atoms with Gasteiger partial charge in [0.05, 0.1) is 37.9 Å². The molecule has 0 spiro atoms. The van der Waals surface area contributed by atoms with Crippen molar-refractivity contribution in [3.05, 3.63) is 75.7 Å². The van der Waals surface area contributed by atoms with Gasteiger partial charge >= 0.3 is 0 Å². The summed E-state index contributed by atoms with van der Waals surface area (Å²) in [5, 5.41) is 5.60. The van der Waals surface area contributed by atoms with E-state index in [4.69, 9.17) is 23.2 Å². The van der Waals surface area contributed by atoms with Crippen LogP contribution in [0.2, 0.25) is 10.0 Å². The number of amides is 2. The number of halogens is 2. The van der Waals surface area contributed by atoms with Crippen LogP contribution in [0.1, 0.15) is 26.4 Å². The summed E-state index contributed by atoms with van der Waals surface area (Å²) in [6.07, 6.45) is 3.04. The van der Waals surface area contributed by atoms with E-state index >= 15 is 0 Å². The fourth-order valence-corrected chi connectivity index (χ4v) is 3.75. The quantitative estimate of drug-likeness (QED) is 0.450. The number of benzene rings is 1. The van der Waals surface area contributed by atoms with Crippen molar-refractivity contribution >= 4 is 51.7 Å². The highest BCUT2D eigenvalue weighted by molar-refractivity contribution is 6.43. The molecule has 4 aromatic rings. The van der Waals surface area contributed by atoms with Gasteiger partial charge in [-0.1, -0.05) is 29.3 Å². The molecular weight excluding hydrogens is 413 g/mol. The maximum atomic E-state index is 13.3. The molecule has 0 atom stereocenters. The van der Waals surface area contributed by atoms with E-state index in [1.54, 1.807) is 42.1 Å². The summed E-state index contributed by atoms with van der Waals surface area (Å²) in [5.41, 5.74) is 1.86. The van der Waals surface area contributed by atoms with Crippen LogP contribution < -0.4 is 4.90 Å². The van der Waals surface area contributed by atoms with Crippen molar-refractivity contribution < 1.29 is 9.59 Å². The minimum atomic E-state index is -0.470. The average molecular weight is 424 g/mol. The summed E-state index contributed by atoms with van der Waals surface area (Å²) in [6.45, 7) is 1.77. The molecule has 4 heterocycles. The minimum Gasteiger partial charge on any atom is -0.268 e. The maximum absolute atomic E-state index is 13.3. The molecule has 0 N–H and O–H groups in total. The number of rotatable bonds is 2. The first-order valence-electron chi connectivity index (χ1n) is 8.61. The van der Waals surface area contributed by atoms with Crippen LogP contribution in [0, 0.1) is 6.92 Å². The lowest BCUT2D eigenvalue weighted by Crippen LogP contribution is -2.29. The second kappa shape index (κ2) is 6.37. The number of fused-ring (bicyclic) bond motifs is 3. The molecule has 142 valence electrons. The van der Waals surface area contributed by atoms with E-state index in [9.17, 15) is 9.59 Å². The number of carbonyl (C=O) groups is 2. The highest BCUT2D eigenvalue weighted by atomic mass is 35.5. The number of anilines is 1. The summed E-state index contributed by atoms with van der Waals surface area (Å²) < 4.78 is 1.56. The number of imide groups is 1. The van der Waals surface area contributed by atoms with Crippen molar-refractivity contribution in [3.8, 4) is 5.82 Å². The standard InChI is InChI=1S/C20H11Cl2N5O2/c1-10-16-17-12(9-24-18(16)27(25-10)15-4-2-3-7-23-15)19(28)26(20(17)29)11-5-6-13(21)14(22)8-11/h2-9H,1H3. The van der Waals surface area contributed by atoms with Crippen LogP contribution in [0.15, 0.2) is 48.8 Å². The largest absolute Gasteiger partial charge is 0.268 e. The second-order valence-electron chi connectivity index (χ2n) is 6.47. The van der Waals surface area contributed by atoms with Crippen molar-refractivity contribution in [3.63, 3.8) is 0 Å². The first-order valence-corrected chi connectivity index (χ1v) is 9.36. The summed E-state index contributed by atoms with van der Waals surface area (Å²) in [6, 6.07) is 10.0. The molecule has 9 heteroatoms. The van der Waals surface area contributed by atoms with Crippen LogP contribution in [0.4, 0.5) is 5.69 Å². The predicted octanol–water partition coefficient (Wildman–Crippen LogP) is 4.23. The molecule has 0 unspecified atom stereocenters. The molecule has 0 bridgehead atoms. The minimum absolute atomic E-state index is 0.220. The Kier molecular flexibility index (Phi) is 3.90. The Balaban J connectivity index is 1.72. The third-order valence-corrected chi connectivity index (χ3v) is 5.49. The van der Waals surface area contributed by atoms with E-state index in [1.165, 1.54) is 12.3 Å². The molecule has 5 rings (SSSR count). The highest BCUT2D eigenvalue weighted by Gasteiger charge is 2.40. The van der Waals surface area contributed by atoms with Crippen LogP contribution in [-0.4, -0.2) is 31.6 Å². The number of nitrogens with zero attached hydrogens (tertiary/aromatic N) is 5. The smallest absolute Gasteiger partial charge is 0.267 e. The van der Waals surface area contributed by atoms with Gasteiger partial charge in [0, 0.05) is 12.4 Å². The van der Waals surface area contributed by atoms with Crippen molar-refractivity contribution in [2.75, 3.05) is 4.90 Å². The van der Waals surface area contributed by atoms with Gasteiger partial charge < -0.3 is 0 Å². The van der Waals surface area contributed by atoms with Crippen LogP contribution in [-0.2, 0) is 0 Å². The summed E-state index contributed by atoms with van der Waals surface area (Å²) in [4.78, 5) is 36.0. The van der Waals surface area contributed by atoms with Gasteiger partial charge in [-0.3, -0.25) is 9.59 Å². The van der Waals surface area contributed by atoms with E-state index in [0.29, 0.717) is 33.3 Å². The predicted molar refractivity (Wildman–Crippen MR) is 109 cm³/mol. The zero-order valence-corrected chi connectivity index (χ0v) is 16.4. The Hall–Kier alpha value is -3.29. The van der Waals surface area contributed by atoms with Crippen molar-refractivity contribution in [1.82, 2.24) is 19.7 Å². The van der Waals surface area contributed by atoms with Gasteiger partial charge in [0.1, 0.15) is 0 Å². The molecule has 3 aromatic heterocycles. The molecule has 1 aliphatic rings. The molecular formula is C20H11Cl2N5O2. The Labute approximate surface area is 174 Å². The van der Waals surface area contributed by atoms with Crippen LogP contribution in [0.5, 0.6) is 0 Å². The number of aromatic nitrogens is 4. The third kappa shape index (κ3) is 2.55. The molecule has 0 saturated heterocycles. The molecule has 0 radical (unpaired) electrons. The monoisotopic (exact) mass is 423 g/mol. The van der Waals surface area contributed by atoms with Crippen molar-refractivity contribution in [2.45, 2.75) is 6.92 Å². The number of hydrogen-bond acceptors (Lipinski definition) is 5. The normalized spacial score (nSPS) is 13.4. The van der Waals surface area contributed by atoms with E-state index < -0.39 is 11.8 Å². The lowest BCUT2D eigenvalue weighted by molar-refractivity contribution is 0.0926. The molecule has 0 fully saturated rings. The molecule has 1 aromatic carbocycles. The van der Waals surface area contributed by atoms with Gasteiger partial charge in [-0.05, 0) is 37.3 Å². The number of aryl methyl sites for hydroxylation is 1. The summed E-state index contributed by atoms with van der Waals surface area (Å²) in [7, 11) is 0. The first kappa shape index (κ1) is 17.8. The van der Waals surface area contributed by atoms with Crippen molar-refractivity contribution in [1.29, 1.82) is 0 Å². The lowest BCUT2D eigenvalue weighted by atomic mass is 10.1. The van der Waals surface area contributed by atoms with Crippen LogP contribution in [0.3, 0.4) is 0 Å². The molecule has 0 aliphatic carbocycles. The zero-order valence-electron chi connectivity index (χ0n) is 14.9. The van der Waals surface area contributed by atoms with Gasteiger partial charge in [-0.25, -0.2) is 14.9 Å². The van der Waals surface area contributed by atoms with Gasteiger partial charge in [0.15, 0.2) is 11.5 Å². The zero-order chi connectivity index (χ0) is 20.3. The van der Waals surface area contributed by atoms with Gasteiger partial charge in [-0.2, -0.15) is 9.78 Å². The topological polar surface area (TPSA) is 81.0 Å². The molecule has 2 amide bonds. The molecule has 0 saturated carbocycles. The van der Waals surface area contributed by atoms with Gasteiger partial charge in [0.2, 0.25) is 0 Å². The van der Waals surface area contributed by atoms with Gasteiger partial charge in [-0.15, -0.1) is 0 Å². The van der Waals surface area contributed by atoms with Crippen LogP contribution in [0.25, 0.3) is 16.9 Å². The SMILES string of the molecule is Cc1nn(-c2ccccn2)c2ncc3c(c12)C(=O)N(c1ccc(Cl)c(Cl)c1)C3=O. The Bertz CT molecular complexity index is 1330. The number of hydrogen-bond donors (Lipinski definition) is 0. The average Bonchev–Trinajstić information content (AvgIpc) is 3.19. The third-order valence-electron chi connectivity index (χ3n) is 4.75. The highest BCUT2D eigenvalue weighted by Crippen LogP contribution is 2.36. The summed E-state index contributed by atoms with van der Waals surface area (Å²) in [5.74, 6) is -0.363. The number of carbonyl (C=O) groups excluding carboxylic acids is 2. The summed E-state index contributed by atoms with van der Waals surface area (Å²) >= 11 is 12.0. The fourth-order valence-electron chi connectivity index (χ4n) is 3.46. The van der Waals surface area contributed by atoms with E-state index in [2.05, 4.69) is 15.1 Å². The Morgan fingerprint density at radius 1 is 0.966 bits per heavy atom. The first-order chi connectivity index (χ1) is 14.0. The van der Waals surface area contributed by atoms with Crippen molar-refractivity contribution in [2.24, 2.45) is 0 Å². The van der Waals surface area contributed by atoms with E-state index in [-0.39, 0.29) is 16.1 Å². The Morgan fingerprint density at radius 3 is 2.52 bits per heavy atom. The fraction of sp³-hybridized carbons (Fsp3) is 0.0500. The Morgan fingerprint density at radius 2 is 1.79 bits per heavy atom. The molecule has 7 nitrogen and oxygen atoms in total. The second-order valence-corrected chi connectivity index (χ2v) is 7.29.